The van der Waals surface area contributed by atoms with E-state index in [9.17, 15) is 4.79 Å². The van der Waals surface area contributed by atoms with Gasteiger partial charge in [0.15, 0.2) is 5.75 Å². The average Bonchev–Trinajstić information content (AvgIpc) is 3.25. The van der Waals surface area contributed by atoms with Crippen LogP contribution >= 0.6 is 11.6 Å². The predicted molar refractivity (Wildman–Crippen MR) is 101 cm³/mol. The molecule has 3 aromatic rings. The molecule has 1 unspecified atom stereocenters. The summed E-state index contributed by atoms with van der Waals surface area (Å²) in [7, 11) is 0. The monoisotopic (exact) mass is 386 g/mol. The summed E-state index contributed by atoms with van der Waals surface area (Å²) in [5, 5.41) is 1.31. The van der Waals surface area contributed by atoms with Crippen molar-refractivity contribution >= 4 is 28.5 Å². The second kappa shape index (κ2) is 7.68. The van der Waals surface area contributed by atoms with Crippen molar-refractivity contribution < 1.29 is 18.7 Å². The van der Waals surface area contributed by atoms with Crippen LogP contribution < -0.4 is 4.74 Å². The number of nitrogens with zero attached hydrogens (tertiary/aromatic N) is 2. The maximum absolute atomic E-state index is 12.5. The van der Waals surface area contributed by atoms with Crippen LogP contribution in [0.15, 0.2) is 47.2 Å². The molecule has 7 heteroatoms. The first kappa shape index (κ1) is 18.0. The van der Waals surface area contributed by atoms with Crippen LogP contribution in [0.5, 0.6) is 5.75 Å². The molecular formula is C20H19ClN2O4. The van der Waals surface area contributed by atoms with Crippen LogP contribution in [0.1, 0.15) is 29.1 Å². The van der Waals surface area contributed by atoms with E-state index in [1.165, 1.54) is 6.26 Å². The van der Waals surface area contributed by atoms with Gasteiger partial charge in [0.05, 0.1) is 24.5 Å². The van der Waals surface area contributed by atoms with Gasteiger partial charge in [-0.3, -0.25) is 9.88 Å². The highest BCUT2D eigenvalue weighted by atomic mass is 35.5. The van der Waals surface area contributed by atoms with E-state index in [0.717, 1.165) is 24.0 Å². The van der Waals surface area contributed by atoms with E-state index in [1.54, 1.807) is 24.4 Å². The zero-order valence-corrected chi connectivity index (χ0v) is 15.6. The van der Waals surface area contributed by atoms with E-state index >= 15 is 0 Å². The minimum atomic E-state index is -0.565. The molecule has 0 saturated carbocycles. The van der Waals surface area contributed by atoms with E-state index < -0.39 is 5.97 Å². The maximum Gasteiger partial charge on any atom is 0.379 e. The van der Waals surface area contributed by atoms with Gasteiger partial charge in [-0.15, -0.1) is 0 Å². The van der Waals surface area contributed by atoms with Gasteiger partial charge in [0.25, 0.3) is 0 Å². The summed E-state index contributed by atoms with van der Waals surface area (Å²) < 4.78 is 16.4. The van der Waals surface area contributed by atoms with Crippen LogP contribution in [0.4, 0.5) is 0 Å². The Kier molecular flexibility index (Phi) is 5.11. The van der Waals surface area contributed by atoms with Gasteiger partial charge >= 0.3 is 5.97 Å². The van der Waals surface area contributed by atoms with Gasteiger partial charge in [-0.1, -0.05) is 11.6 Å². The third-order valence-electron chi connectivity index (χ3n) is 4.79. The molecule has 140 valence electrons. The molecule has 0 spiro atoms. The van der Waals surface area contributed by atoms with E-state index in [4.69, 9.17) is 25.5 Å². The van der Waals surface area contributed by atoms with E-state index in [2.05, 4.69) is 16.8 Å². The lowest BCUT2D eigenvalue weighted by Crippen LogP contribution is -2.38. The molecule has 6 nitrogen and oxygen atoms in total. The highest BCUT2D eigenvalue weighted by Gasteiger charge is 2.26. The first-order valence-corrected chi connectivity index (χ1v) is 9.17. The van der Waals surface area contributed by atoms with Crippen LogP contribution in [-0.4, -0.2) is 42.2 Å². The minimum Gasteiger partial charge on any atom is -0.457 e. The highest BCUT2D eigenvalue weighted by Crippen LogP contribution is 2.39. The van der Waals surface area contributed by atoms with Crippen LogP contribution in [0.3, 0.4) is 0 Å². The van der Waals surface area contributed by atoms with Crippen molar-refractivity contribution in [3.05, 3.63) is 59.1 Å². The fourth-order valence-corrected chi connectivity index (χ4v) is 3.58. The van der Waals surface area contributed by atoms with Crippen molar-refractivity contribution in [2.75, 3.05) is 26.3 Å². The number of carbonyl (C=O) groups excluding carboxylic acids is 1. The van der Waals surface area contributed by atoms with Crippen molar-refractivity contribution in [3.8, 4) is 5.75 Å². The van der Waals surface area contributed by atoms with Crippen LogP contribution in [0.25, 0.3) is 10.9 Å². The smallest absolute Gasteiger partial charge is 0.379 e. The predicted octanol–water partition coefficient (Wildman–Crippen LogP) is 4.09. The largest absolute Gasteiger partial charge is 0.457 e. The molecule has 1 atom stereocenters. The molecule has 4 rings (SSSR count). The number of rotatable bonds is 4. The molecule has 1 fully saturated rings. The molecule has 0 aliphatic carbocycles. The first-order chi connectivity index (χ1) is 13.1. The Bertz CT molecular complexity index is 952. The lowest BCUT2D eigenvalue weighted by Gasteiger charge is -2.33. The number of furan rings is 1. The van der Waals surface area contributed by atoms with Gasteiger partial charge in [0.2, 0.25) is 5.76 Å². The molecule has 1 aliphatic heterocycles. The summed E-state index contributed by atoms with van der Waals surface area (Å²) in [6.45, 7) is 5.00. The summed E-state index contributed by atoms with van der Waals surface area (Å²) in [5.74, 6) is -0.0147. The molecule has 0 bridgehead atoms. The Balaban J connectivity index is 1.80. The molecule has 0 N–H and O–H groups in total. The Morgan fingerprint density at radius 2 is 2.11 bits per heavy atom. The molecule has 0 amide bonds. The maximum atomic E-state index is 12.5. The molecule has 1 aromatic carbocycles. The number of hydrogen-bond acceptors (Lipinski definition) is 6. The van der Waals surface area contributed by atoms with Gasteiger partial charge in [0.1, 0.15) is 5.52 Å². The number of benzene rings is 1. The van der Waals surface area contributed by atoms with Gasteiger partial charge in [-0.2, -0.15) is 0 Å². The summed E-state index contributed by atoms with van der Waals surface area (Å²) >= 11 is 6.51. The van der Waals surface area contributed by atoms with E-state index in [0.29, 0.717) is 29.5 Å². The number of hydrogen-bond donors (Lipinski definition) is 0. The fourth-order valence-electron chi connectivity index (χ4n) is 3.31. The molecule has 3 heterocycles. The second-order valence-electron chi connectivity index (χ2n) is 6.37. The topological polar surface area (TPSA) is 64.8 Å². The lowest BCUT2D eigenvalue weighted by molar-refractivity contribution is 0.0193. The Morgan fingerprint density at radius 1 is 1.30 bits per heavy atom. The normalized spacial score (nSPS) is 16.4. The number of pyridine rings is 1. The van der Waals surface area contributed by atoms with Crippen LogP contribution in [0.2, 0.25) is 5.02 Å². The van der Waals surface area contributed by atoms with Crippen molar-refractivity contribution in [1.29, 1.82) is 0 Å². The van der Waals surface area contributed by atoms with E-state index in [-0.39, 0.29) is 11.8 Å². The summed E-state index contributed by atoms with van der Waals surface area (Å²) in [6.07, 6.45) is 3.10. The van der Waals surface area contributed by atoms with Crippen molar-refractivity contribution in [3.63, 3.8) is 0 Å². The minimum absolute atomic E-state index is 0.0165. The standard InChI is InChI=1S/C20H19ClN2O4/c1-13(23-7-10-25-11-8-23)15-12-16(21)14-4-2-6-22-18(14)19(15)27-20(24)17-5-3-9-26-17/h2-6,9,12-13H,7-8,10-11H2,1H3. The zero-order chi connectivity index (χ0) is 18.8. The number of aromatic nitrogens is 1. The first-order valence-electron chi connectivity index (χ1n) is 8.80. The molecule has 1 saturated heterocycles. The number of halogens is 1. The van der Waals surface area contributed by atoms with Crippen molar-refractivity contribution in [1.82, 2.24) is 9.88 Å². The van der Waals surface area contributed by atoms with Gasteiger partial charge in [-0.05, 0) is 37.3 Å². The second-order valence-corrected chi connectivity index (χ2v) is 6.77. The Labute approximate surface area is 161 Å². The quantitative estimate of drug-likeness (QED) is 0.497. The summed E-state index contributed by atoms with van der Waals surface area (Å²) in [6, 6.07) is 8.72. The molecule has 0 radical (unpaired) electrons. The third-order valence-corrected chi connectivity index (χ3v) is 5.10. The lowest BCUT2D eigenvalue weighted by atomic mass is 10.0. The van der Waals surface area contributed by atoms with Gasteiger partial charge in [0, 0.05) is 36.3 Å². The van der Waals surface area contributed by atoms with Crippen LogP contribution in [-0.2, 0) is 4.74 Å². The zero-order valence-electron chi connectivity index (χ0n) is 14.9. The number of fused-ring (bicyclic) bond motifs is 1. The summed E-state index contributed by atoms with van der Waals surface area (Å²) in [5.41, 5.74) is 1.37. The van der Waals surface area contributed by atoms with E-state index in [1.807, 2.05) is 12.1 Å². The average molecular weight is 387 g/mol. The number of ether oxygens (including phenoxy) is 2. The van der Waals surface area contributed by atoms with Crippen molar-refractivity contribution in [2.45, 2.75) is 13.0 Å². The fraction of sp³-hybridized carbons (Fsp3) is 0.300. The number of morpholine rings is 1. The molecule has 1 aliphatic rings. The third kappa shape index (κ3) is 3.56. The Hall–Kier alpha value is -2.41. The highest BCUT2D eigenvalue weighted by molar-refractivity contribution is 6.35. The number of esters is 1. The van der Waals surface area contributed by atoms with Gasteiger partial charge < -0.3 is 13.9 Å². The summed E-state index contributed by atoms with van der Waals surface area (Å²) in [4.78, 5) is 19.2. The van der Waals surface area contributed by atoms with Gasteiger partial charge in [-0.25, -0.2) is 4.79 Å². The molecule has 27 heavy (non-hydrogen) atoms. The molecular weight excluding hydrogens is 368 g/mol. The SMILES string of the molecule is CC(c1cc(Cl)c2cccnc2c1OC(=O)c1ccco1)N1CCOCC1. The molecule has 2 aromatic heterocycles. The van der Waals surface area contributed by atoms with Crippen molar-refractivity contribution in [2.24, 2.45) is 0 Å². The van der Waals surface area contributed by atoms with Crippen LogP contribution in [0, 0.1) is 0 Å². The Morgan fingerprint density at radius 3 is 2.85 bits per heavy atom. The number of carbonyl (C=O) groups is 1.